The molecule has 0 aromatic heterocycles. The quantitative estimate of drug-likeness (QED) is 0.800. The highest BCUT2D eigenvalue weighted by Gasteiger charge is 2.08. The maximum atomic E-state index is 11.9. The number of halogens is 2. The van der Waals surface area contributed by atoms with Crippen LogP contribution in [0.25, 0.3) is 0 Å². The molecule has 0 aliphatic carbocycles. The zero-order valence-corrected chi connectivity index (χ0v) is 13.7. The first kappa shape index (κ1) is 15.7. The topological polar surface area (TPSA) is 64.3 Å². The summed E-state index contributed by atoms with van der Waals surface area (Å²) < 4.78 is 6.12. The van der Waals surface area contributed by atoms with Crippen LogP contribution in [-0.2, 0) is 4.79 Å². The number of anilines is 2. The van der Waals surface area contributed by atoms with E-state index in [0.717, 1.165) is 5.56 Å². The van der Waals surface area contributed by atoms with Crippen LogP contribution in [-0.4, -0.2) is 12.5 Å². The van der Waals surface area contributed by atoms with E-state index in [2.05, 4.69) is 21.2 Å². The van der Waals surface area contributed by atoms with Crippen molar-refractivity contribution in [1.29, 1.82) is 0 Å². The van der Waals surface area contributed by atoms with Crippen LogP contribution < -0.4 is 15.8 Å². The standard InChI is InChI=1S/C15H14BrClN2O2/c1-9-2-5-14(12(17)6-9)21-8-15(20)19-13-4-3-10(18)7-11(13)16/h2-7H,8,18H2,1H3,(H,19,20). The molecule has 0 saturated heterocycles. The summed E-state index contributed by atoms with van der Waals surface area (Å²) in [5.41, 5.74) is 7.92. The summed E-state index contributed by atoms with van der Waals surface area (Å²) in [7, 11) is 0. The molecule has 1 amide bonds. The van der Waals surface area contributed by atoms with Crippen LogP contribution in [0.5, 0.6) is 5.75 Å². The first-order valence-corrected chi connectivity index (χ1v) is 7.36. The first-order chi connectivity index (χ1) is 9.95. The number of amides is 1. The molecule has 0 heterocycles. The highest BCUT2D eigenvalue weighted by molar-refractivity contribution is 9.10. The normalized spacial score (nSPS) is 10.2. The zero-order chi connectivity index (χ0) is 15.4. The largest absolute Gasteiger partial charge is 0.482 e. The predicted molar refractivity (Wildman–Crippen MR) is 88.9 cm³/mol. The van der Waals surface area contributed by atoms with E-state index in [-0.39, 0.29) is 12.5 Å². The number of hydrogen-bond donors (Lipinski definition) is 2. The molecule has 0 radical (unpaired) electrons. The molecule has 0 spiro atoms. The van der Waals surface area contributed by atoms with Crippen molar-refractivity contribution in [3.05, 3.63) is 51.5 Å². The van der Waals surface area contributed by atoms with Gasteiger partial charge in [-0.25, -0.2) is 0 Å². The molecule has 0 aliphatic rings. The highest BCUT2D eigenvalue weighted by atomic mass is 79.9. The van der Waals surface area contributed by atoms with Crippen LogP contribution in [0.3, 0.4) is 0 Å². The van der Waals surface area contributed by atoms with E-state index in [9.17, 15) is 4.79 Å². The van der Waals surface area contributed by atoms with Crippen molar-refractivity contribution in [2.24, 2.45) is 0 Å². The molecule has 0 atom stereocenters. The van der Waals surface area contributed by atoms with Gasteiger partial charge in [-0.05, 0) is 58.7 Å². The van der Waals surface area contributed by atoms with Crippen LogP contribution in [0.15, 0.2) is 40.9 Å². The van der Waals surface area contributed by atoms with Gasteiger partial charge in [0, 0.05) is 10.2 Å². The Labute approximate surface area is 136 Å². The Morgan fingerprint density at radius 3 is 2.76 bits per heavy atom. The number of carbonyl (C=O) groups is 1. The smallest absolute Gasteiger partial charge is 0.262 e. The molecule has 0 fully saturated rings. The van der Waals surface area contributed by atoms with Gasteiger partial charge in [0.15, 0.2) is 6.61 Å². The van der Waals surface area contributed by atoms with E-state index in [4.69, 9.17) is 22.1 Å². The average Bonchev–Trinajstić information content (AvgIpc) is 2.41. The second-order valence-corrected chi connectivity index (χ2v) is 5.77. The first-order valence-electron chi connectivity index (χ1n) is 6.19. The van der Waals surface area contributed by atoms with Crippen molar-refractivity contribution in [3.8, 4) is 5.75 Å². The Bertz CT molecular complexity index is 677. The van der Waals surface area contributed by atoms with E-state index in [0.29, 0.717) is 26.6 Å². The lowest BCUT2D eigenvalue weighted by atomic mass is 10.2. The van der Waals surface area contributed by atoms with Gasteiger partial charge in [-0.3, -0.25) is 4.79 Å². The van der Waals surface area contributed by atoms with Crippen molar-refractivity contribution in [1.82, 2.24) is 0 Å². The summed E-state index contributed by atoms with van der Waals surface area (Å²) in [5, 5.41) is 3.21. The van der Waals surface area contributed by atoms with E-state index in [1.807, 2.05) is 13.0 Å². The molecule has 2 aromatic carbocycles. The Morgan fingerprint density at radius 2 is 2.10 bits per heavy atom. The molecule has 2 aromatic rings. The lowest BCUT2D eigenvalue weighted by Crippen LogP contribution is -2.20. The number of benzene rings is 2. The van der Waals surface area contributed by atoms with Crippen molar-refractivity contribution in [2.45, 2.75) is 6.92 Å². The molecule has 2 rings (SSSR count). The van der Waals surface area contributed by atoms with Crippen LogP contribution in [0.1, 0.15) is 5.56 Å². The molecule has 6 heteroatoms. The van der Waals surface area contributed by atoms with E-state index < -0.39 is 0 Å². The number of nitrogens with two attached hydrogens (primary N) is 1. The third kappa shape index (κ3) is 4.37. The Kier molecular flexibility index (Phi) is 5.09. The van der Waals surface area contributed by atoms with E-state index in [1.54, 1.807) is 30.3 Å². The number of carbonyl (C=O) groups excluding carboxylic acids is 1. The molecule has 21 heavy (non-hydrogen) atoms. The third-order valence-electron chi connectivity index (χ3n) is 2.71. The van der Waals surface area contributed by atoms with Crippen molar-refractivity contribution in [2.75, 3.05) is 17.7 Å². The fourth-order valence-corrected chi connectivity index (χ4v) is 2.47. The SMILES string of the molecule is Cc1ccc(OCC(=O)Nc2ccc(N)cc2Br)c(Cl)c1. The molecule has 0 aliphatic heterocycles. The summed E-state index contributed by atoms with van der Waals surface area (Å²) in [5.74, 6) is 0.200. The second-order valence-electron chi connectivity index (χ2n) is 4.51. The fraction of sp³-hybridized carbons (Fsp3) is 0.133. The van der Waals surface area contributed by atoms with Crippen LogP contribution in [0, 0.1) is 6.92 Å². The van der Waals surface area contributed by atoms with Gasteiger partial charge < -0.3 is 15.8 Å². The van der Waals surface area contributed by atoms with Gasteiger partial charge in [0.05, 0.1) is 10.7 Å². The average molecular weight is 370 g/mol. The van der Waals surface area contributed by atoms with Crippen LogP contribution in [0.2, 0.25) is 5.02 Å². The number of aryl methyl sites for hydroxylation is 1. The summed E-state index contributed by atoms with van der Waals surface area (Å²) in [6.07, 6.45) is 0. The zero-order valence-electron chi connectivity index (χ0n) is 11.3. The molecule has 0 saturated carbocycles. The minimum Gasteiger partial charge on any atom is -0.482 e. The molecule has 0 bridgehead atoms. The molecule has 4 nitrogen and oxygen atoms in total. The monoisotopic (exact) mass is 368 g/mol. The van der Waals surface area contributed by atoms with Gasteiger partial charge >= 0.3 is 0 Å². The van der Waals surface area contributed by atoms with Gasteiger partial charge in [0.25, 0.3) is 5.91 Å². The fourth-order valence-electron chi connectivity index (χ4n) is 1.69. The lowest BCUT2D eigenvalue weighted by Gasteiger charge is -2.10. The molecular weight excluding hydrogens is 356 g/mol. The van der Waals surface area contributed by atoms with E-state index >= 15 is 0 Å². The van der Waals surface area contributed by atoms with Crippen LogP contribution in [0.4, 0.5) is 11.4 Å². The Morgan fingerprint density at radius 1 is 1.33 bits per heavy atom. The minimum atomic E-state index is -0.280. The summed E-state index contributed by atoms with van der Waals surface area (Å²) >= 11 is 9.37. The number of nitrogens with one attached hydrogen (secondary N) is 1. The highest BCUT2D eigenvalue weighted by Crippen LogP contribution is 2.26. The lowest BCUT2D eigenvalue weighted by molar-refractivity contribution is -0.118. The van der Waals surface area contributed by atoms with Gasteiger partial charge in [0.2, 0.25) is 0 Å². The Hall–Kier alpha value is -1.72. The molecule has 3 N–H and O–H groups in total. The van der Waals surface area contributed by atoms with Crippen LogP contribution >= 0.6 is 27.5 Å². The van der Waals surface area contributed by atoms with Crippen molar-refractivity contribution in [3.63, 3.8) is 0 Å². The minimum absolute atomic E-state index is 0.125. The molecular formula is C15H14BrClN2O2. The number of rotatable bonds is 4. The summed E-state index contributed by atoms with van der Waals surface area (Å²) in [6.45, 7) is 1.81. The number of hydrogen-bond acceptors (Lipinski definition) is 3. The van der Waals surface area contributed by atoms with E-state index in [1.165, 1.54) is 0 Å². The third-order valence-corrected chi connectivity index (χ3v) is 3.66. The summed E-state index contributed by atoms with van der Waals surface area (Å²) in [6, 6.07) is 10.5. The van der Waals surface area contributed by atoms with Gasteiger partial charge in [-0.1, -0.05) is 17.7 Å². The summed E-state index contributed by atoms with van der Waals surface area (Å²) in [4.78, 5) is 11.9. The van der Waals surface area contributed by atoms with Gasteiger partial charge in [-0.2, -0.15) is 0 Å². The van der Waals surface area contributed by atoms with Crippen molar-refractivity contribution < 1.29 is 9.53 Å². The second kappa shape index (κ2) is 6.83. The number of ether oxygens (including phenoxy) is 1. The maximum absolute atomic E-state index is 11.9. The molecule has 0 unspecified atom stereocenters. The van der Waals surface area contributed by atoms with Gasteiger partial charge in [0.1, 0.15) is 5.75 Å². The van der Waals surface area contributed by atoms with Crippen molar-refractivity contribution >= 4 is 44.8 Å². The predicted octanol–water partition coefficient (Wildman–Crippen LogP) is 4.01. The number of nitrogen functional groups attached to an aromatic ring is 1. The molecule has 110 valence electrons. The Balaban J connectivity index is 1.96. The van der Waals surface area contributed by atoms with Gasteiger partial charge in [-0.15, -0.1) is 0 Å². The maximum Gasteiger partial charge on any atom is 0.262 e.